The van der Waals surface area contributed by atoms with Crippen molar-refractivity contribution in [3.05, 3.63) is 85.4 Å². The molecule has 0 saturated carbocycles. The molecule has 4 rings (SSSR count). The van der Waals surface area contributed by atoms with Crippen LogP contribution in [0.5, 0.6) is 5.75 Å². The van der Waals surface area contributed by atoms with Crippen LogP contribution in [0.4, 0.5) is 0 Å². The Hall–Kier alpha value is -3.08. The molecule has 0 saturated heterocycles. The number of oxime groups is 1. The van der Waals surface area contributed by atoms with Gasteiger partial charge in [-0.1, -0.05) is 46.0 Å². The molecule has 13 heteroatoms. The highest BCUT2D eigenvalue weighted by molar-refractivity contribution is 6.35. The maximum Gasteiger partial charge on any atom is 0.291 e. The molecule has 1 aromatic heterocycles. The molecule has 1 aliphatic rings. The Labute approximate surface area is 197 Å². The van der Waals surface area contributed by atoms with Gasteiger partial charge in [0.1, 0.15) is 42.9 Å². The lowest BCUT2D eigenvalue weighted by Gasteiger charge is -2.32. The Morgan fingerprint density at radius 1 is 1.19 bits per heavy atom. The van der Waals surface area contributed by atoms with Crippen LogP contribution in [0.3, 0.4) is 0 Å². The molecular formula is C19H16Cl3N5O5. The number of benzene rings is 2. The second kappa shape index (κ2) is 10.5. The fourth-order valence-corrected chi connectivity index (χ4v) is 3.73. The summed E-state index contributed by atoms with van der Waals surface area (Å²) in [5, 5.41) is 27.5. The molecule has 10 nitrogen and oxygen atoms in total. The first-order chi connectivity index (χ1) is 15.3. The van der Waals surface area contributed by atoms with E-state index in [1.54, 1.807) is 36.9 Å². The van der Waals surface area contributed by atoms with E-state index in [9.17, 15) is 0 Å². The number of halogens is 3. The number of hydrogen-bond acceptors (Lipinski definition) is 7. The van der Waals surface area contributed by atoms with Gasteiger partial charge in [-0.15, -0.1) is 20.3 Å². The lowest BCUT2D eigenvalue weighted by atomic mass is 9.95. The molecule has 0 unspecified atom stereocenters. The molecule has 32 heavy (non-hydrogen) atoms. The molecule has 0 bridgehead atoms. The third kappa shape index (κ3) is 5.78. The first-order valence-corrected chi connectivity index (χ1v) is 10.2. The molecule has 1 N–H and O–H groups in total. The van der Waals surface area contributed by atoms with Crippen LogP contribution in [-0.2, 0) is 11.4 Å². The van der Waals surface area contributed by atoms with Gasteiger partial charge in [0.25, 0.3) is 5.09 Å². The molecule has 1 aliphatic heterocycles. The molecule has 0 spiro atoms. The van der Waals surface area contributed by atoms with Crippen molar-refractivity contribution in [2.24, 2.45) is 5.16 Å². The van der Waals surface area contributed by atoms with E-state index in [1.807, 2.05) is 23.6 Å². The number of aromatic nitrogens is 3. The van der Waals surface area contributed by atoms with Crippen molar-refractivity contribution in [1.29, 1.82) is 0 Å². The van der Waals surface area contributed by atoms with Crippen molar-refractivity contribution in [2.45, 2.75) is 25.7 Å². The Morgan fingerprint density at radius 2 is 1.81 bits per heavy atom. The molecule has 0 fully saturated rings. The summed E-state index contributed by atoms with van der Waals surface area (Å²) in [6.07, 6.45) is 3.01. The average Bonchev–Trinajstić information content (AvgIpc) is 3.23. The van der Waals surface area contributed by atoms with Gasteiger partial charge in [-0.2, -0.15) is 0 Å². The predicted octanol–water partition coefficient (Wildman–Crippen LogP) is 4.83. The minimum absolute atomic E-state index is 0.201. The van der Waals surface area contributed by atoms with E-state index in [1.165, 1.54) is 0 Å². The summed E-state index contributed by atoms with van der Waals surface area (Å²) in [5.41, 5.74) is 2.27. The summed E-state index contributed by atoms with van der Waals surface area (Å²) >= 11 is 18.3. The zero-order valence-corrected chi connectivity index (χ0v) is 18.7. The maximum absolute atomic E-state index is 8.36. The largest absolute Gasteiger partial charge is 0.487 e. The smallest absolute Gasteiger partial charge is 0.291 e. The third-order valence-electron chi connectivity index (χ3n) is 4.41. The number of fused-ring (bicyclic) bond motifs is 1. The van der Waals surface area contributed by atoms with Crippen LogP contribution in [0.2, 0.25) is 15.1 Å². The third-order valence-corrected chi connectivity index (χ3v) is 5.24. The lowest BCUT2D eigenvalue weighted by Crippen LogP contribution is -2.37. The van der Waals surface area contributed by atoms with E-state index in [0.29, 0.717) is 26.5 Å². The molecule has 2 aromatic carbocycles. The highest BCUT2D eigenvalue weighted by Gasteiger charge is 2.35. The van der Waals surface area contributed by atoms with Gasteiger partial charge < -0.3 is 19.3 Å². The minimum Gasteiger partial charge on any atom is -0.487 e. The van der Waals surface area contributed by atoms with Crippen LogP contribution in [-0.4, -0.2) is 36.9 Å². The van der Waals surface area contributed by atoms with Crippen molar-refractivity contribution >= 4 is 40.5 Å². The van der Waals surface area contributed by atoms with Gasteiger partial charge in [-0.05, 0) is 37.3 Å². The van der Waals surface area contributed by atoms with Gasteiger partial charge >= 0.3 is 0 Å². The highest BCUT2D eigenvalue weighted by atomic mass is 35.5. The Balaban J connectivity index is 0.000000668. The van der Waals surface area contributed by atoms with E-state index >= 15 is 0 Å². The quantitative estimate of drug-likeness (QED) is 0.401. The SMILES string of the molecule is C[C@@H]1Oc2cc(Cl)ccc2/C(=N/OCc2ccc(Cl)cc2Cl)[C@H]1n1cnnc1.O=[N+]([O-])O. The second-order valence-electron chi connectivity index (χ2n) is 6.54. The molecule has 0 radical (unpaired) electrons. The highest BCUT2D eigenvalue weighted by Crippen LogP contribution is 2.36. The molecule has 2 atom stereocenters. The van der Waals surface area contributed by atoms with Gasteiger partial charge in [0, 0.05) is 26.2 Å². The van der Waals surface area contributed by atoms with E-state index < -0.39 is 5.09 Å². The minimum atomic E-state index is -1.50. The Kier molecular flexibility index (Phi) is 7.73. The van der Waals surface area contributed by atoms with Crippen molar-refractivity contribution in [3.8, 4) is 5.75 Å². The van der Waals surface area contributed by atoms with E-state index in [-0.39, 0.29) is 18.8 Å². The first-order valence-electron chi connectivity index (χ1n) is 9.04. The van der Waals surface area contributed by atoms with Crippen molar-refractivity contribution in [3.63, 3.8) is 0 Å². The number of hydrogen-bond donors (Lipinski definition) is 1. The van der Waals surface area contributed by atoms with Crippen LogP contribution in [0.1, 0.15) is 24.1 Å². The zero-order chi connectivity index (χ0) is 23.3. The van der Waals surface area contributed by atoms with E-state index in [0.717, 1.165) is 11.1 Å². The van der Waals surface area contributed by atoms with Crippen LogP contribution in [0.15, 0.2) is 54.2 Å². The Bertz CT molecular complexity index is 1120. The van der Waals surface area contributed by atoms with Gasteiger partial charge in [0.15, 0.2) is 0 Å². The zero-order valence-electron chi connectivity index (χ0n) is 16.4. The van der Waals surface area contributed by atoms with Crippen LogP contribution >= 0.6 is 34.8 Å². The fourth-order valence-electron chi connectivity index (χ4n) is 3.10. The van der Waals surface area contributed by atoms with Gasteiger partial charge in [0.2, 0.25) is 0 Å². The van der Waals surface area contributed by atoms with Gasteiger partial charge in [-0.25, -0.2) is 0 Å². The number of nitrogens with zero attached hydrogens (tertiary/aromatic N) is 5. The van der Waals surface area contributed by atoms with Gasteiger partial charge in [-0.3, -0.25) is 0 Å². The molecule has 2 heterocycles. The maximum atomic E-state index is 8.36. The molecular weight excluding hydrogens is 485 g/mol. The van der Waals surface area contributed by atoms with Crippen molar-refractivity contribution in [1.82, 2.24) is 14.8 Å². The van der Waals surface area contributed by atoms with E-state index in [2.05, 4.69) is 15.4 Å². The van der Waals surface area contributed by atoms with Crippen molar-refractivity contribution in [2.75, 3.05) is 0 Å². The topological polar surface area (TPSA) is 125 Å². The summed E-state index contributed by atoms with van der Waals surface area (Å²) < 4.78 is 7.88. The number of ether oxygens (including phenoxy) is 1. The fraction of sp³-hybridized carbons (Fsp3) is 0.211. The summed E-state index contributed by atoms with van der Waals surface area (Å²) in [7, 11) is 0. The first kappa shape index (κ1) is 23.6. The van der Waals surface area contributed by atoms with Crippen molar-refractivity contribution < 1.29 is 19.9 Å². The monoisotopic (exact) mass is 499 g/mol. The molecule has 0 amide bonds. The number of rotatable bonds is 4. The standard InChI is InChI=1S/C19H15Cl3N4O2.HNO3/c1-11-19(26-9-23-24-10-26)18(15-5-4-14(21)7-17(15)28-11)25-27-8-12-2-3-13(20)6-16(12)22;2-1(3)4/h2-7,9-11,19H,8H2,1H3;(H,2,3,4)/b25-18-;/t11-,19-;/m0./s1. The molecule has 3 aromatic rings. The van der Waals surface area contributed by atoms with Crippen LogP contribution < -0.4 is 4.74 Å². The van der Waals surface area contributed by atoms with Crippen LogP contribution in [0.25, 0.3) is 0 Å². The van der Waals surface area contributed by atoms with E-state index in [4.69, 9.17) is 59.7 Å². The second-order valence-corrected chi connectivity index (χ2v) is 7.82. The Morgan fingerprint density at radius 3 is 2.47 bits per heavy atom. The van der Waals surface area contributed by atoms with Crippen LogP contribution in [0, 0.1) is 10.1 Å². The molecule has 168 valence electrons. The van der Waals surface area contributed by atoms with Gasteiger partial charge in [0.05, 0.1) is 0 Å². The predicted molar refractivity (Wildman–Crippen MR) is 117 cm³/mol. The summed E-state index contributed by atoms with van der Waals surface area (Å²) in [6.45, 7) is 2.15. The average molecular weight is 501 g/mol. The lowest BCUT2D eigenvalue weighted by molar-refractivity contribution is -0.742. The molecule has 0 aliphatic carbocycles. The summed E-state index contributed by atoms with van der Waals surface area (Å²) in [6, 6.07) is 10.4. The summed E-state index contributed by atoms with van der Waals surface area (Å²) in [5.74, 6) is 0.649. The summed E-state index contributed by atoms with van der Waals surface area (Å²) in [4.78, 5) is 14.0. The normalized spacial score (nSPS) is 18.2.